The Morgan fingerprint density at radius 3 is 2.52 bits per heavy atom. The predicted octanol–water partition coefficient (Wildman–Crippen LogP) is 3.40. The van der Waals surface area contributed by atoms with Gasteiger partial charge in [0.2, 0.25) is 11.9 Å². The standard InChI is InChI=1S/C32H40N10O2/c1-32(2,3)22-10-13-25(34-19-22)29(43)36-24-7-6-15-41(20-24)31-37-27(28-33-14-16-42(28)38-31)35-23-11-8-21(9-12-23)26-30(44)40(5)18-17-39(26)4/h8-14,16,19,24,26H,6-7,15,17-18,20H2,1-5H3,(H,36,43)(H,35,37,38). The summed E-state index contributed by atoms with van der Waals surface area (Å²) in [5.74, 6) is 1.05. The van der Waals surface area contributed by atoms with E-state index in [0.29, 0.717) is 29.7 Å². The highest BCUT2D eigenvalue weighted by Gasteiger charge is 2.32. The number of anilines is 3. The zero-order valence-corrected chi connectivity index (χ0v) is 26.0. The summed E-state index contributed by atoms with van der Waals surface area (Å²) in [7, 11) is 3.83. The number of aromatic nitrogens is 5. The summed E-state index contributed by atoms with van der Waals surface area (Å²) in [4.78, 5) is 45.6. The van der Waals surface area contributed by atoms with E-state index < -0.39 is 0 Å². The molecule has 1 aromatic carbocycles. The summed E-state index contributed by atoms with van der Waals surface area (Å²) in [6, 6.07) is 11.3. The van der Waals surface area contributed by atoms with Gasteiger partial charge in [-0.1, -0.05) is 39.0 Å². The van der Waals surface area contributed by atoms with E-state index in [1.165, 1.54) is 0 Å². The van der Waals surface area contributed by atoms with E-state index in [1.807, 2.05) is 44.4 Å². The second kappa shape index (κ2) is 11.8. The van der Waals surface area contributed by atoms with Crippen molar-refractivity contribution in [2.45, 2.75) is 51.1 Å². The summed E-state index contributed by atoms with van der Waals surface area (Å²) in [6.45, 7) is 9.29. The van der Waals surface area contributed by atoms with Crippen LogP contribution in [0, 0.1) is 0 Å². The van der Waals surface area contributed by atoms with Gasteiger partial charge in [-0.2, -0.15) is 4.98 Å². The number of nitrogens with one attached hydrogen (secondary N) is 2. The van der Waals surface area contributed by atoms with Crippen LogP contribution in [-0.4, -0.2) is 92.5 Å². The van der Waals surface area contributed by atoms with Crippen molar-refractivity contribution in [3.8, 4) is 0 Å². The molecule has 230 valence electrons. The van der Waals surface area contributed by atoms with Crippen molar-refractivity contribution in [1.82, 2.24) is 39.7 Å². The van der Waals surface area contributed by atoms with Gasteiger partial charge in [-0.3, -0.25) is 19.5 Å². The van der Waals surface area contributed by atoms with E-state index in [9.17, 15) is 9.59 Å². The number of nitrogens with zero attached hydrogens (tertiary/aromatic N) is 8. The van der Waals surface area contributed by atoms with E-state index in [1.54, 1.807) is 34.1 Å². The van der Waals surface area contributed by atoms with Crippen molar-refractivity contribution >= 4 is 34.9 Å². The Morgan fingerprint density at radius 1 is 1.00 bits per heavy atom. The average Bonchev–Trinajstić information content (AvgIpc) is 3.49. The fourth-order valence-corrected chi connectivity index (χ4v) is 5.77. The number of carbonyl (C=O) groups excluding carboxylic acids is 2. The lowest BCUT2D eigenvalue weighted by Gasteiger charge is -2.37. The van der Waals surface area contributed by atoms with Gasteiger partial charge < -0.3 is 20.4 Å². The molecular weight excluding hydrogens is 556 g/mol. The fourth-order valence-electron chi connectivity index (χ4n) is 5.77. The van der Waals surface area contributed by atoms with Crippen LogP contribution in [-0.2, 0) is 10.2 Å². The Hall–Kier alpha value is -4.58. The number of benzene rings is 1. The number of pyridine rings is 1. The number of rotatable bonds is 6. The van der Waals surface area contributed by atoms with E-state index in [-0.39, 0.29) is 29.3 Å². The third kappa shape index (κ3) is 6.07. The minimum atomic E-state index is -0.293. The first-order chi connectivity index (χ1) is 21.1. The van der Waals surface area contributed by atoms with E-state index in [4.69, 9.17) is 10.1 Å². The average molecular weight is 597 g/mol. The summed E-state index contributed by atoms with van der Waals surface area (Å²) in [6.07, 6.45) is 7.03. The number of fused-ring (bicyclic) bond motifs is 1. The number of piperidine rings is 1. The van der Waals surface area contributed by atoms with Gasteiger partial charge in [-0.25, -0.2) is 9.50 Å². The molecule has 0 aliphatic carbocycles. The van der Waals surface area contributed by atoms with Crippen molar-refractivity contribution in [2.75, 3.05) is 50.5 Å². The molecule has 0 saturated carbocycles. The van der Waals surface area contributed by atoms with Gasteiger partial charge in [0, 0.05) is 63.5 Å². The van der Waals surface area contributed by atoms with Crippen LogP contribution in [0.3, 0.4) is 0 Å². The molecule has 2 saturated heterocycles. The largest absolute Gasteiger partial charge is 0.346 e. The van der Waals surface area contributed by atoms with Crippen LogP contribution in [0.4, 0.5) is 17.5 Å². The van der Waals surface area contributed by atoms with E-state index in [2.05, 4.69) is 51.2 Å². The normalized spacial score (nSPS) is 19.8. The highest BCUT2D eigenvalue weighted by molar-refractivity contribution is 5.92. The molecule has 0 bridgehead atoms. The number of likely N-dealkylation sites (N-methyl/N-ethyl adjacent to an activating group) is 2. The summed E-state index contributed by atoms with van der Waals surface area (Å²) in [5.41, 5.74) is 3.86. The van der Waals surface area contributed by atoms with Crippen LogP contribution in [0.25, 0.3) is 5.65 Å². The summed E-state index contributed by atoms with van der Waals surface area (Å²) in [5, 5.41) is 11.3. The molecule has 2 fully saturated rings. The molecule has 2 N–H and O–H groups in total. The zero-order chi connectivity index (χ0) is 31.0. The Labute approximate surface area is 257 Å². The maximum atomic E-state index is 13.0. The van der Waals surface area contributed by atoms with E-state index in [0.717, 1.165) is 49.3 Å². The molecule has 12 nitrogen and oxygen atoms in total. The number of hydrogen-bond acceptors (Lipinski definition) is 9. The third-order valence-electron chi connectivity index (χ3n) is 8.47. The van der Waals surface area contributed by atoms with Crippen molar-refractivity contribution in [2.24, 2.45) is 0 Å². The Kier molecular flexibility index (Phi) is 7.93. The fraction of sp³-hybridized carbons (Fsp3) is 0.438. The molecule has 2 aliphatic heterocycles. The molecular formula is C32H40N10O2. The smallest absolute Gasteiger partial charge is 0.270 e. The van der Waals surface area contributed by atoms with Crippen LogP contribution in [0.2, 0.25) is 0 Å². The quantitative estimate of drug-likeness (QED) is 0.345. The van der Waals surface area contributed by atoms with Crippen LogP contribution in [0.15, 0.2) is 55.0 Å². The molecule has 0 spiro atoms. The van der Waals surface area contributed by atoms with Gasteiger partial charge in [0.1, 0.15) is 11.7 Å². The first-order valence-corrected chi connectivity index (χ1v) is 15.1. The molecule has 2 aliphatic rings. The number of carbonyl (C=O) groups is 2. The van der Waals surface area contributed by atoms with Crippen molar-refractivity contribution in [3.63, 3.8) is 0 Å². The number of piperazine rings is 1. The molecule has 4 aromatic rings. The van der Waals surface area contributed by atoms with Crippen LogP contribution < -0.4 is 15.5 Å². The minimum absolute atomic E-state index is 0.0247. The Morgan fingerprint density at radius 2 is 1.80 bits per heavy atom. The third-order valence-corrected chi connectivity index (χ3v) is 8.47. The second-order valence-corrected chi connectivity index (χ2v) is 12.8. The van der Waals surface area contributed by atoms with Crippen LogP contribution in [0.1, 0.15) is 61.3 Å². The highest BCUT2D eigenvalue weighted by Crippen LogP contribution is 2.28. The molecule has 6 rings (SSSR count). The van der Waals surface area contributed by atoms with Crippen LogP contribution in [0.5, 0.6) is 0 Å². The lowest BCUT2D eigenvalue weighted by Crippen LogP contribution is -2.48. The lowest BCUT2D eigenvalue weighted by atomic mass is 9.88. The Bertz CT molecular complexity index is 1640. The summed E-state index contributed by atoms with van der Waals surface area (Å²) >= 11 is 0. The molecule has 44 heavy (non-hydrogen) atoms. The van der Waals surface area contributed by atoms with Gasteiger partial charge in [0.25, 0.3) is 5.91 Å². The Balaban J connectivity index is 1.16. The minimum Gasteiger partial charge on any atom is -0.346 e. The molecule has 2 amide bonds. The SMILES string of the molecule is CN1CCN(C)C(c2ccc(Nc3nc(N4CCCC(NC(=O)c5ccc(C(C)(C)C)cn5)C4)nn4ccnc34)cc2)C1=O. The molecule has 3 aromatic heterocycles. The summed E-state index contributed by atoms with van der Waals surface area (Å²) < 4.78 is 1.72. The van der Waals surface area contributed by atoms with Crippen molar-refractivity contribution < 1.29 is 9.59 Å². The molecule has 2 atom stereocenters. The molecule has 2 unspecified atom stereocenters. The first kappa shape index (κ1) is 29.5. The number of amides is 2. The topological polar surface area (TPSA) is 124 Å². The van der Waals surface area contributed by atoms with E-state index >= 15 is 0 Å². The first-order valence-electron chi connectivity index (χ1n) is 15.1. The number of imidazole rings is 1. The van der Waals surface area contributed by atoms with Gasteiger partial charge in [-0.15, -0.1) is 5.10 Å². The monoisotopic (exact) mass is 596 g/mol. The molecule has 0 radical (unpaired) electrons. The van der Waals surface area contributed by atoms with Gasteiger partial charge in [-0.05, 0) is 54.6 Å². The highest BCUT2D eigenvalue weighted by atomic mass is 16.2. The second-order valence-electron chi connectivity index (χ2n) is 12.8. The zero-order valence-electron chi connectivity index (χ0n) is 26.0. The lowest BCUT2D eigenvalue weighted by molar-refractivity contribution is -0.139. The van der Waals surface area contributed by atoms with Gasteiger partial charge in [0.05, 0.1) is 0 Å². The maximum Gasteiger partial charge on any atom is 0.270 e. The van der Waals surface area contributed by atoms with Crippen LogP contribution >= 0.6 is 0 Å². The molecule has 12 heteroatoms. The van der Waals surface area contributed by atoms with Gasteiger partial charge >= 0.3 is 0 Å². The van der Waals surface area contributed by atoms with Gasteiger partial charge in [0.15, 0.2) is 11.5 Å². The molecule has 5 heterocycles. The predicted molar refractivity (Wildman–Crippen MR) is 169 cm³/mol. The number of hydrogen-bond donors (Lipinski definition) is 2. The van der Waals surface area contributed by atoms with Crippen molar-refractivity contribution in [1.29, 1.82) is 0 Å². The maximum absolute atomic E-state index is 13.0. The van der Waals surface area contributed by atoms with Crippen molar-refractivity contribution in [3.05, 3.63) is 71.8 Å².